The first kappa shape index (κ1) is 26.9. The Morgan fingerprint density at radius 3 is 1.90 bits per heavy atom. The van der Waals surface area contributed by atoms with Crippen molar-refractivity contribution in [2.45, 2.75) is 11.6 Å². The van der Waals surface area contributed by atoms with Gasteiger partial charge in [0.05, 0.1) is 5.41 Å². The summed E-state index contributed by atoms with van der Waals surface area (Å²) in [6, 6.07) is 57.8. The third-order valence-corrected chi connectivity index (χ3v) is 10.0. The van der Waals surface area contributed by atoms with Crippen molar-refractivity contribution in [2.24, 2.45) is 9.98 Å². The van der Waals surface area contributed by atoms with E-state index >= 15 is 0 Å². The van der Waals surface area contributed by atoms with Crippen LogP contribution in [0.15, 0.2) is 174 Å². The SMILES string of the molecule is c1ccc(C2=NC(c3ccc4c(c3)C3(c5ccccc5Oc5ccccc53)c3ccccc3-4)N=C(c3cccc4ccccc34)N2)cc1. The Labute approximate surface area is 278 Å². The van der Waals surface area contributed by atoms with Gasteiger partial charge in [-0.3, -0.25) is 0 Å². The van der Waals surface area contributed by atoms with Gasteiger partial charge in [0.1, 0.15) is 23.2 Å². The molecule has 2 aliphatic heterocycles. The maximum atomic E-state index is 6.55. The molecule has 10 rings (SSSR count). The quantitative estimate of drug-likeness (QED) is 0.215. The van der Waals surface area contributed by atoms with Gasteiger partial charge in [0.2, 0.25) is 0 Å². The van der Waals surface area contributed by atoms with E-state index in [1.807, 2.05) is 18.2 Å². The number of hydrogen-bond donors (Lipinski definition) is 1. The molecular formula is C44H29N3O. The third-order valence-electron chi connectivity index (χ3n) is 10.0. The predicted molar refractivity (Wildman–Crippen MR) is 193 cm³/mol. The molecule has 1 unspecified atom stereocenters. The molecule has 0 amide bonds. The van der Waals surface area contributed by atoms with Crippen molar-refractivity contribution < 1.29 is 4.74 Å². The van der Waals surface area contributed by atoms with E-state index in [-0.39, 0.29) is 0 Å². The summed E-state index contributed by atoms with van der Waals surface area (Å²) in [4.78, 5) is 10.6. The minimum atomic E-state index is -0.547. The molecule has 1 N–H and O–H groups in total. The number of hydrogen-bond acceptors (Lipinski definition) is 4. The van der Waals surface area contributed by atoms with Crippen LogP contribution in [0.3, 0.4) is 0 Å². The zero-order chi connectivity index (χ0) is 31.7. The van der Waals surface area contributed by atoms with E-state index in [4.69, 9.17) is 14.7 Å². The number of nitrogens with zero attached hydrogens (tertiary/aromatic N) is 2. The summed E-state index contributed by atoms with van der Waals surface area (Å²) in [7, 11) is 0. The fraction of sp³-hybridized carbons (Fsp3) is 0.0455. The van der Waals surface area contributed by atoms with E-state index in [0.29, 0.717) is 0 Å². The number of fused-ring (bicyclic) bond motifs is 10. The molecule has 4 heteroatoms. The Bertz CT molecular complexity index is 2430. The van der Waals surface area contributed by atoms with Crippen molar-refractivity contribution in [1.82, 2.24) is 5.32 Å². The number of benzene rings is 7. The van der Waals surface area contributed by atoms with Crippen LogP contribution >= 0.6 is 0 Å². The molecule has 48 heavy (non-hydrogen) atoms. The van der Waals surface area contributed by atoms with Gasteiger partial charge in [0.25, 0.3) is 0 Å². The van der Waals surface area contributed by atoms with E-state index in [9.17, 15) is 0 Å². The summed E-state index contributed by atoms with van der Waals surface area (Å²) in [6.07, 6.45) is -0.452. The molecule has 0 aromatic heterocycles. The molecule has 0 saturated heterocycles. The second kappa shape index (κ2) is 10.4. The first-order chi connectivity index (χ1) is 23.8. The lowest BCUT2D eigenvalue weighted by molar-refractivity contribution is 0.436. The van der Waals surface area contributed by atoms with Crippen LogP contribution in [0.2, 0.25) is 0 Å². The van der Waals surface area contributed by atoms with Gasteiger partial charge in [-0.1, -0.05) is 146 Å². The van der Waals surface area contributed by atoms with Crippen molar-refractivity contribution in [3.8, 4) is 22.6 Å². The number of para-hydroxylation sites is 2. The smallest absolute Gasteiger partial charge is 0.169 e. The second-order valence-electron chi connectivity index (χ2n) is 12.5. The zero-order valence-corrected chi connectivity index (χ0v) is 26.0. The van der Waals surface area contributed by atoms with Crippen LogP contribution in [-0.4, -0.2) is 11.7 Å². The molecule has 1 aliphatic carbocycles. The third kappa shape index (κ3) is 3.83. The fourth-order valence-electron chi connectivity index (χ4n) is 7.94. The molecule has 7 aromatic carbocycles. The molecule has 3 aliphatic rings. The van der Waals surface area contributed by atoms with Crippen LogP contribution in [0.4, 0.5) is 0 Å². The van der Waals surface area contributed by atoms with Crippen LogP contribution in [-0.2, 0) is 5.41 Å². The molecule has 0 bridgehead atoms. The maximum absolute atomic E-state index is 6.55. The van der Waals surface area contributed by atoms with Crippen LogP contribution in [0.1, 0.15) is 45.1 Å². The molecule has 1 atom stereocenters. The molecular weight excluding hydrogens is 587 g/mol. The first-order valence-electron chi connectivity index (χ1n) is 16.4. The minimum Gasteiger partial charge on any atom is -0.457 e. The Hall–Kier alpha value is -6.26. The van der Waals surface area contributed by atoms with Crippen molar-refractivity contribution in [1.29, 1.82) is 0 Å². The number of ether oxygens (including phenoxy) is 1. The van der Waals surface area contributed by atoms with Gasteiger partial charge >= 0.3 is 0 Å². The topological polar surface area (TPSA) is 46.0 Å². The Morgan fingerprint density at radius 2 is 1.08 bits per heavy atom. The predicted octanol–water partition coefficient (Wildman–Crippen LogP) is 9.80. The van der Waals surface area contributed by atoms with Crippen molar-refractivity contribution in [3.05, 3.63) is 203 Å². The van der Waals surface area contributed by atoms with Crippen LogP contribution < -0.4 is 10.1 Å². The summed E-state index contributed by atoms with van der Waals surface area (Å²) < 4.78 is 6.55. The Morgan fingerprint density at radius 1 is 0.479 bits per heavy atom. The second-order valence-corrected chi connectivity index (χ2v) is 12.5. The Balaban J connectivity index is 1.22. The van der Waals surface area contributed by atoms with E-state index in [2.05, 4.69) is 151 Å². The Kier molecular flexibility index (Phi) is 5.82. The normalized spacial score (nSPS) is 16.5. The highest BCUT2D eigenvalue weighted by Crippen LogP contribution is 2.62. The van der Waals surface area contributed by atoms with Gasteiger partial charge in [-0.05, 0) is 56.8 Å². The molecule has 1 spiro atoms. The summed E-state index contributed by atoms with van der Waals surface area (Å²) in [5.74, 6) is 3.38. The first-order valence-corrected chi connectivity index (χ1v) is 16.4. The molecule has 2 heterocycles. The lowest BCUT2D eigenvalue weighted by Crippen LogP contribution is -2.36. The number of rotatable bonds is 3. The van der Waals surface area contributed by atoms with E-state index in [0.717, 1.165) is 56.4 Å². The molecule has 7 aromatic rings. The molecule has 4 nitrogen and oxygen atoms in total. The van der Waals surface area contributed by atoms with Crippen molar-refractivity contribution >= 4 is 22.4 Å². The van der Waals surface area contributed by atoms with Gasteiger partial charge in [-0.15, -0.1) is 0 Å². The van der Waals surface area contributed by atoms with E-state index < -0.39 is 11.6 Å². The largest absolute Gasteiger partial charge is 0.457 e. The van der Waals surface area contributed by atoms with Crippen LogP contribution in [0.5, 0.6) is 11.5 Å². The highest BCUT2D eigenvalue weighted by Gasteiger charge is 2.51. The summed E-state index contributed by atoms with van der Waals surface area (Å²) in [5.41, 5.74) is 9.80. The average molecular weight is 616 g/mol. The summed E-state index contributed by atoms with van der Waals surface area (Å²) in [6.45, 7) is 0. The summed E-state index contributed by atoms with van der Waals surface area (Å²) >= 11 is 0. The highest BCUT2D eigenvalue weighted by atomic mass is 16.5. The van der Waals surface area contributed by atoms with Gasteiger partial charge in [0, 0.05) is 22.3 Å². The molecule has 0 fully saturated rings. The van der Waals surface area contributed by atoms with E-state index in [1.54, 1.807) is 0 Å². The molecule has 0 radical (unpaired) electrons. The monoisotopic (exact) mass is 615 g/mol. The van der Waals surface area contributed by atoms with Gasteiger partial charge in [-0.2, -0.15) is 0 Å². The number of nitrogens with one attached hydrogen (secondary N) is 1. The van der Waals surface area contributed by atoms with E-state index in [1.165, 1.54) is 27.6 Å². The molecule has 226 valence electrons. The lowest BCUT2D eigenvalue weighted by atomic mass is 9.66. The zero-order valence-electron chi connectivity index (χ0n) is 26.0. The number of aliphatic imine (C=N–C) groups is 2. The maximum Gasteiger partial charge on any atom is 0.169 e. The lowest BCUT2D eigenvalue weighted by Gasteiger charge is -2.39. The van der Waals surface area contributed by atoms with Gasteiger partial charge in [-0.25, -0.2) is 9.98 Å². The average Bonchev–Trinajstić information content (AvgIpc) is 3.45. The summed E-state index contributed by atoms with van der Waals surface area (Å²) in [5, 5.41) is 5.94. The van der Waals surface area contributed by atoms with Gasteiger partial charge in [0.15, 0.2) is 6.17 Å². The number of amidine groups is 2. The van der Waals surface area contributed by atoms with Gasteiger partial charge < -0.3 is 10.1 Å². The van der Waals surface area contributed by atoms with Crippen LogP contribution in [0.25, 0.3) is 21.9 Å². The highest BCUT2D eigenvalue weighted by molar-refractivity contribution is 6.19. The fourth-order valence-corrected chi connectivity index (χ4v) is 7.94. The molecule has 0 saturated carbocycles. The van der Waals surface area contributed by atoms with Crippen molar-refractivity contribution in [3.63, 3.8) is 0 Å². The van der Waals surface area contributed by atoms with Crippen molar-refractivity contribution in [2.75, 3.05) is 0 Å². The standard InChI is InChI=1S/C44H29N3O/c1-2-14-29(15-3-1)41-45-42(47-43(46-41)34-19-12-16-28-13-4-5-17-31(28)34)30-25-26-33-32-18-6-7-20-35(32)44(38(33)27-30)36-21-8-10-23-39(36)48-40-24-11-9-22-37(40)44/h1-27,42H,(H,45,46,47). The minimum absolute atomic E-state index is 0.452. The van der Waals surface area contributed by atoms with Crippen LogP contribution in [0, 0.1) is 0 Å².